The summed E-state index contributed by atoms with van der Waals surface area (Å²) in [6.07, 6.45) is -3.82. The Hall–Kier alpha value is -2.67. The van der Waals surface area contributed by atoms with Crippen LogP contribution in [0.5, 0.6) is 5.75 Å². The van der Waals surface area contributed by atoms with Crippen LogP contribution in [-0.2, 0) is 19.1 Å². The first kappa shape index (κ1) is 19.6. The minimum atomic E-state index is -4.46. The zero-order valence-corrected chi connectivity index (χ0v) is 16.4. The predicted molar refractivity (Wildman–Crippen MR) is 105 cm³/mol. The molecule has 1 aromatic heterocycles. The van der Waals surface area contributed by atoms with Crippen LogP contribution in [-0.4, -0.2) is 6.73 Å². The highest BCUT2D eigenvalue weighted by atomic mass is 35.5. The number of aryl methyl sites for hydroxylation is 2. The zero-order chi connectivity index (χ0) is 20.9. The molecular formula is C21H17ClF3NO3. The van der Waals surface area contributed by atoms with Crippen molar-refractivity contribution < 1.29 is 22.3 Å². The molecule has 0 saturated carbocycles. The lowest BCUT2D eigenvalue weighted by atomic mass is 9.99. The Labute approximate surface area is 169 Å². The average Bonchev–Trinajstić information content (AvgIpc) is 2.67. The third kappa shape index (κ3) is 3.44. The number of benzene rings is 2. The number of alkyl halides is 3. The molecule has 3 aromatic rings. The summed E-state index contributed by atoms with van der Waals surface area (Å²) in [6.45, 7) is 4.08. The lowest BCUT2D eigenvalue weighted by molar-refractivity contribution is -0.137. The number of anilines is 1. The van der Waals surface area contributed by atoms with E-state index in [-0.39, 0.29) is 17.4 Å². The van der Waals surface area contributed by atoms with Gasteiger partial charge in [-0.1, -0.05) is 18.5 Å². The summed E-state index contributed by atoms with van der Waals surface area (Å²) in [5, 5.41) is 1.01. The van der Waals surface area contributed by atoms with Crippen LogP contribution in [0.1, 0.15) is 29.2 Å². The molecule has 0 saturated heterocycles. The predicted octanol–water partition coefficient (Wildman–Crippen LogP) is 5.69. The highest BCUT2D eigenvalue weighted by Crippen LogP contribution is 2.40. The van der Waals surface area contributed by atoms with Gasteiger partial charge in [-0.15, -0.1) is 0 Å². The van der Waals surface area contributed by atoms with Crippen LogP contribution in [0.4, 0.5) is 18.9 Å². The highest BCUT2D eigenvalue weighted by Gasteiger charge is 2.32. The molecule has 0 aliphatic carbocycles. The molecule has 152 valence electrons. The summed E-state index contributed by atoms with van der Waals surface area (Å²) in [7, 11) is 0. The average molecular weight is 424 g/mol. The second kappa shape index (κ2) is 6.99. The summed E-state index contributed by atoms with van der Waals surface area (Å²) in [5.74, 6) is 0.577. The van der Waals surface area contributed by atoms with Crippen LogP contribution in [0.15, 0.2) is 39.5 Å². The zero-order valence-electron chi connectivity index (χ0n) is 15.7. The Bertz CT molecular complexity index is 1170. The lowest BCUT2D eigenvalue weighted by Gasteiger charge is -2.32. The van der Waals surface area contributed by atoms with Crippen molar-refractivity contribution in [2.75, 3.05) is 11.6 Å². The normalized spacial score (nSPS) is 14.1. The van der Waals surface area contributed by atoms with E-state index in [0.717, 1.165) is 28.6 Å². The van der Waals surface area contributed by atoms with Crippen LogP contribution in [0.25, 0.3) is 11.0 Å². The first-order chi connectivity index (χ1) is 13.7. The van der Waals surface area contributed by atoms with Gasteiger partial charge < -0.3 is 14.1 Å². The fourth-order valence-electron chi connectivity index (χ4n) is 3.66. The van der Waals surface area contributed by atoms with Gasteiger partial charge in [-0.2, -0.15) is 13.2 Å². The van der Waals surface area contributed by atoms with E-state index < -0.39 is 17.4 Å². The van der Waals surface area contributed by atoms with Crippen molar-refractivity contribution in [2.24, 2.45) is 0 Å². The SMILES string of the molecule is CCc1cc(=O)oc2c(C)c3c(cc12)CN(c1cc(C(F)(F)F)ccc1Cl)CO3. The number of ether oxygens (including phenoxy) is 1. The number of hydrogen-bond acceptors (Lipinski definition) is 4. The number of rotatable bonds is 2. The van der Waals surface area contributed by atoms with Crippen LogP contribution >= 0.6 is 11.6 Å². The Balaban J connectivity index is 1.81. The van der Waals surface area contributed by atoms with E-state index >= 15 is 0 Å². The van der Waals surface area contributed by atoms with Crippen molar-refractivity contribution in [3.8, 4) is 5.75 Å². The Morgan fingerprint density at radius 2 is 1.97 bits per heavy atom. The monoisotopic (exact) mass is 423 g/mol. The molecule has 4 nitrogen and oxygen atoms in total. The molecule has 1 aliphatic rings. The van der Waals surface area contributed by atoms with Crippen molar-refractivity contribution in [2.45, 2.75) is 33.0 Å². The minimum Gasteiger partial charge on any atom is -0.472 e. The van der Waals surface area contributed by atoms with Gasteiger partial charge in [0.05, 0.1) is 16.3 Å². The van der Waals surface area contributed by atoms with Crippen molar-refractivity contribution in [3.63, 3.8) is 0 Å². The van der Waals surface area contributed by atoms with Crippen LogP contribution < -0.4 is 15.3 Å². The standard InChI is InChI=1S/C21H17ClF3NO3/c1-3-12-7-18(27)29-20-11(2)19-13(6-15(12)20)9-26(10-28-19)17-8-14(21(23,24)25)4-5-16(17)22/h4-8H,3,9-10H2,1-2H3. The van der Waals surface area contributed by atoms with Gasteiger partial charge in [0.25, 0.3) is 0 Å². The molecule has 8 heteroatoms. The number of nitrogens with zero attached hydrogens (tertiary/aromatic N) is 1. The molecule has 29 heavy (non-hydrogen) atoms. The fraction of sp³-hybridized carbons (Fsp3) is 0.286. The maximum absolute atomic E-state index is 13.1. The number of halogens is 4. The maximum Gasteiger partial charge on any atom is 0.416 e. The van der Waals surface area contributed by atoms with Gasteiger partial charge in [0.15, 0.2) is 6.73 Å². The van der Waals surface area contributed by atoms with Crippen molar-refractivity contribution in [1.82, 2.24) is 0 Å². The Kier molecular flexibility index (Phi) is 4.73. The number of hydrogen-bond donors (Lipinski definition) is 0. The molecule has 0 N–H and O–H groups in total. The summed E-state index contributed by atoms with van der Waals surface area (Å²) < 4.78 is 50.6. The smallest absolute Gasteiger partial charge is 0.416 e. The molecule has 0 bridgehead atoms. The first-order valence-corrected chi connectivity index (χ1v) is 9.40. The van der Waals surface area contributed by atoms with Gasteiger partial charge in [-0.3, -0.25) is 0 Å². The number of fused-ring (bicyclic) bond motifs is 2. The molecular weight excluding hydrogens is 407 g/mol. The van der Waals surface area contributed by atoms with Crippen LogP contribution in [0.3, 0.4) is 0 Å². The Morgan fingerprint density at radius 1 is 1.21 bits per heavy atom. The fourth-order valence-corrected chi connectivity index (χ4v) is 3.90. The van der Waals surface area contributed by atoms with Crippen molar-refractivity contribution >= 4 is 28.3 Å². The van der Waals surface area contributed by atoms with Crippen molar-refractivity contribution in [1.29, 1.82) is 0 Å². The van der Waals surface area contributed by atoms with E-state index in [4.69, 9.17) is 20.8 Å². The van der Waals surface area contributed by atoms with Crippen molar-refractivity contribution in [3.05, 3.63) is 68.0 Å². The summed E-state index contributed by atoms with van der Waals surface area (Å²) in [4.78, 5) is 13.5. The molecule has 0 radical (unpaired) electrons. The summed E-state index contributed by atoms with van der Waals surface area (Å²) >= 11 is 6.18. The van der Waals surface area contributed by atoms with E-state index in [1.54, 1.807) is 11.8 Å². The second-order valence-electron chi connectivity index (χ2n) is 6.95. The van der Waals surface area contributed by atoms with Gasteiger partial charge in [0.2, 0.25) is 0 Å². The first-order valence-electron chi connectivity index (χ1n) is 9.02. The van der Waals surface area contributed by atoms with E-state index in [1.807, 2.05) is 13.0 Å². The molecule has 0 amide bonds. The third-order valence-electron chi connectivity index (χ3n) is 5.10. The molecule has 0 atom stereocenters. The molecule has 2 aromatic carbocycles. The van der Waals surface area contributed by atoms with E-state index in [2.05, 4.69) is 0 Å². The van der Waals surface area contributed by atoms with E-state index in [1.165, 1.54) is 12.1 Å². The largest absolute Gasteiger partial charge is 0.472 e. The second-order valence-corrected chi connectivity index (χ2v) is 7.35. The topological polar surface area (TPSA) is 42.7 Å². The van der Waals surface area contributed by atoms with Crippen LogP contribution in [0.2, 0.25) is 5.02 Å². The highest BCUT2D eigenvalue weighted by molar-refractivity contribution is 6.33. The van der Waals surface area contributed by atoms with Gasteiger partial charge >= 0.3 is 11.8 Å². The molecule has 4 rings (SSSR count). The maximum atomic E-state index is 13.1. The van der Waals surface area contributed by atoms with Gasteiger partial charge in [0.1, 0.15) is 11.3 Å². The molecule has 0 fully saturated rings. The summed E-state index contributed by atoms with van der Waals surface area (Å²) in [5.41, 5.74) is 1.85. The lowest BCUT2D eigenvalue weighted by Crippen LogP contribution is -2.32. The van der Waals surface area contributed by atoms with Gasteiger partial charge in [-0.05, 0) is 43.2 Å². The van der Waals surface area contributed by atoms with Crippen LogP contribution in [0, 0.1) is 6.92 Å². The third-order valence-corrected chi connectivity index (χ3v) is 5.42. The Morgan fingerprint density at radius 3 is 2.66 bits per heavy atom. The summed E-state index contributed by atoms with van der Waals surface area (Å²) in [6, 6.07) is 6.55. The quantitative estimate of drug-likeness (QED) is 0.496. The molecule has 2 heterocycles. The minimum absolute atomic E-state index is 0.0259. The van der Waals surface area contributed by atoms with Gasteiger partial charge in [0, 0.05) is 29.1 Å². The van der Waals surface area contributed by atoms with Gasteiger partial charge in [-0.25, -0.2) is 4.79 Å². The van der Waals surface area contributed by atoms with E-state index in [9.17, 15) is 18.0 Å². The molecule has 0 spiro atoms. The molecule has 1 aliphatic heterocycles. The molecule has 0 unspecified atom stereocenters. The van der Waals surface area contributed by atoms with E-state index in [0.29, 0.717) is 29.9 Å².